The largest absolute Gasteiger partial charge is 0.465 e. The summed E-state index contributed by atoms with van der Waals surface area (Å²) in [5, 5.41) is 10.1. The molecule has 35 heavy (non-hydrogen) atoms. The van der Waals surface area contributed by atoms with Crippen molar-refractivity contribution in [1.29, 1.82) is 0 Å². The third-order valence-corrected chi connectivity index (χ3v) is 7.66. The fourth-order valence-electron chi connectivity index (χ4n) is 5.99. The van der Waals surface area contributed by atoms with Gasteiger partial charge in [0.1, 0.15) is 17.6 Å². The van der Waals surface area contributed by atoms with Crippen molar-refractivity contribution < 1.29 is 29.0 Å². The van der Waals surface area contributed by atoms with Crippen LogP contribution in [0.1, 0.15) is 31.7 Å². The van der Waals surface area contributed by atoms with E-state index in [2.05, 4.69) is 0 Å². The minimum absolute atomic E-state index is 0.245. The van der Waals surface area contributed by atoms with Crippen molar-refractivity contribution in [3.05, 3.63) is 60.2 Å². The van der Waals surface area contributed by atoms with Crippen molar-refractivity contribution >= 4 is 17.8 Å². The van der Waals surface area contributed by atoms with E-state index in [0.29, 0.717) is 25.9 Å². The fraction of sp³-hybridized carbons (Fsp3) is 0.519. The molecule has 1 spiro atoms. The van der Waals surface area contributed by atoms with E-state index in [1.54, 1.807) is 4.90 Å². The van der Waals surface area contributed by atoms with E-state index in [9.17, 15) is 19.5 Å². The third-order valence-electron chi connectivity index (χ3n) is 7.66. The number of ether oxygens (including phenoxy) is 2. The number of esters is 1. The summed E-state index contributed by atoms with van der Waals surface area (Å²) in [4.78, 5) is 44.5. The Balaban J connectivity index is 1.59. The van der Waals surface area contributed by atoms with E-state index >= 15 is 0 Å². The average Bonchev–Trinajstić information content (AvgIpc) is 3.28. The van der Waals surface area contributed by atoms with Crippen LogP contribution >= 0.6 is 0 Å². The number of amides is 2. The first-order chi connectivity index (χ1) is 17.0. The number of likely N-dealkylation sites (tertiary alicyclic amines) is 1. The molecule has 6 atom stereocenters. The van der Waals surface area contributed by atoms with Crippen LogP contribution in [0.3, 0.4) is 0 Å². The molecule has 5 rings (SSSR count). The molecule has 2 amide bonds. The highest BCUT2D eigenvalue weighted by atomic mass is 16.6. The smallest absolute Gasteiger partial charge is 0.312 e. The SMILES string of the molecule is CC[C@@H](CO)N1C(=O)[C@@H]2[C@@H]3C(=O)OCCC/C=C\[C@@H]3O[C@@]23C=CCN(Cc2ccccc2)C(=O)C13. The summed E-state index contributed by atoms with van der Waals surface area (Å²) in [6.45, 7) is 2.61. The number of fused-ring (bicyclic) bond motifs is 2. The lowest BCUT2D eigenvalue weighted by Gasteiger charge is -2.38. The molecule has 0 aromatic heterocycles. The number of benzene rings is 1. The molecule has 1 unspecified atom stereocenters. The van der Waals surface area contributed by atoms with E-state index in [1.807, 2.05) is 61.6 Å². The summed E-state index contributed by atoms with van der Waals surface area (Å²) in [5.74, 6) is -2.80. The van der Waals surface area contributed by atoms with Crippen LogP contribution in [-0.4, -0.2) is 76.2 Å². The molecule has 0 radical (unpaired) electrons. The second kappa shape index (κ2) is 9.59. The van der Waals surface area contributed by atoms with E-state index in [-0.39, 0.29) is 25.0 Å². The standard InChI is InChI=1S/C27H32N2O6/c1-2-19(17-30)29-23-25(32)28(16-18-10-5-3-6-11-18)14-9-13-27(23)22(24(29)31)21-20(35-27)12-7-4-8-15-34-26(21)33/h3,5-7,9-13,19-23,30H,2,4,8,14-17H2,1H3/b12-7-/t19-,20-,21+,22-,23?,27-/m0/s1. The van der Waals surface area contributed by atoms with Crippen LogP contribution in [0.25, 0.3) is 0 Å². The topological polar surface area (TPSA) is 96.4 Å². The maximum Gasteiger partial charge on any atom is 0.312 e. The van der Waals surface area contributed by atoms with Gasteiger partial charge in [0.05, 0.1) is 31.3 Å². The molecular formula is C27H32N2O6. The summed E-state index contributed by atoms with van der Waals surface area (Å²) in [6.07, 6.45) is 8.73. The number of cyclic esters (lactones) is 1. The third kappa shape index (κ3) is 3.89. The van der Waals surface area contributed by atoms with Crippen molar-refractivity contribution in [3.63, 3.8) is 0 Å². The molecule has 8 heteroatoms. The highest BCUT2D eigenvalue weighted by Gasteiger charge is 2.72. The van der Waals surface area contributed by atoms with Crippen molar-refractivity contribution in [1.82, 2.24) is 9.80 Å². The van der Waals surface area contributed by atoms with Gasteiger partial charge in [-0.05, 0) is 24.8 Å². The minimum Gasteiger partial charge on any atom is -0.465 e. The van der Waals surface area contributed by atoms with Crippen LogP contribution in [0.2, 0.25) is 0 Å². The lowest BCUT2D eigenvalue weighted by atomic mass is 9.78. The number of carbonyl (C=O) groups is 3. The molecule has 0 saturated carbocycles. The Labute approximate surface area is 205 Å². The molecule has 4 aliphatic rings. The summed E-state index contributed by atoms with van der Waals surface area (Å²) < 4.78 is 12.1. The number of hydrogen-bond acceptors (Lipinski definition) is 6. The van der Waals surface area contributed by atoms with Gasteiger partial charge < -0.3 is 24.4 Å². The van der Waals surface area contributed by atoms with Crippen molar-refractivity contribution in [3.8, 4) is 0 Å². The molecule has 2 saturated heterocycles. The molecule has 4 aliphatic heterocycles. The average molecular weight is 481 g/mol. The lowest BCUT2D eigenvalue weighted by Crippen LogP contribution is -2.57. The predicted molar refractivity (Wildman–Crippen MR) is 127 cm³/mol. The van der Waals surface area contributed by atoms with Gasteiger partial charge in [-0.25, -0.2) is 0 Å². The zero-order valence-corrected chi connectivity index (χ0v) is 19.9. The number of carbonyl (C=O) groups excluding carboxylic acids is 3. The van der Waals surface area contributed by atoms with Gasteiger partial charge in [0.2, 0.25) is 11.8 Å². The van der Waals surface area contributed by atoms with Crippen LogP contribution in [0.15, 0.2) is 54.6 Å². The Morgan fingerprint density at radius 3 is 2.69 bits per heavy atom. The number of hydrogen-bond donors (Lipinski definition) is 1. The second-order valence-electron chi connectivity index (χ2n) is 9.68. The Bertz CT molecular complexity index is 1040. The molecule has 186 valence electrons. The van der Waals surface area contributed by atoms with Crippen molar-refractivity contribution in [2.45, 2.75) is 56.5 Å². The number of nitrogens with zero attached hydrogens (tertiary/aromatic N) is 2. The van der Waals surface area contributed by atoms with E-state index in [1.165, 1.54) is 4.90 Å². The minimum atomic E-state index is -1.31. The summed E-state index contributed by atoms with van der Waals surface area (Å²) in [5.41, 5.74) is -0.330. The zero-order chi connectivity index (χ0) is 24.6. The van der Waals surface area contributed by atoms with Crippen molar-refractivity contribution in [2.75, 3.05) is 19.8 Å². The second-order valence-corrected chi connectivity index (χ2v) is 9.68. The maximum absolute atomic E-state index is 14.1. The molecule has 1 aromatic rings. The number of allylic oxidation sites excluding steroid dienone is 1. The van der Waals surface area contributed by atoms with Gasteiger partial charge in [-0.1, -0.05) is 61.6 Å². The molecule has 2 fully saturated rings. The van der Waals surface area contributed by atoms with Gasteiger partial charge in [-0.15, -0.1) is 0 Å². The predicted octanol–water partition coefficient (Wildman–Crippen LogP) is 1.83. The van der Waals surface area contributed by atoms with Gasteiger partial charge in [0, 0.05) is 13.1 Å². The highest BCUT2D eigenvalue weighted by molar-refractivity contribution is 5.99. The molecule has 0 aliphatic carbocycles. The van der Waals surface area contributed by atoms with Crippen LogP contribution in [0.4, 0.5) is 0 Å². The van der Waals surface area contributed by atoms with Crippen LogP contribution in [-0.2, 0) is 30.4 Å². The molecule has 0 bridgehead atoms. The van der Waals surface area contributed by atoms with Gasteiger partial charge in [0.15, 0.2) is 0 Å². The first-order valence-electron chi connectivity index (χ1n) is 12.5. The van der Waals surface area contributed by atoms with Gasteiger partial charge >= 0.3 is 5.97 Å². The molecule has 1 N–H and O–H groups in total. The Morgan fingerprint density at radius 1 is 1.14 bits per heavy atom. The molecule has 8 nitrogen and oxygen atoms in total. The highest BCUT2D eigenvalue weighted by Crippen LogP contribution is 2.53. The molecule has 4 heterocycles. The van der Waals surface area contributed by atoms with Crippen molar-refractivity contribution in [2.24, 2.45) is 11.8 Å². The van der Waals surface area contributed by atoms with Crippen LogP contribution < -0.4 is 0 Å². The van der Waals surface area contributed by atoms with Gasteiger partial charge in [-0.3, -0.25) is 14.4 Å². The Kier molecular flexibility index (Phi) is 6.51. The molecular weight excluding hydrogens is 448 g/mol. The van der Waals surface area contributed by atoms with Gasteiger partial charge in [0.25, 0.3) is 0 Å². The van der Waals surface area contributed by atoms with E-state index in [4.69, 9.17) is 9.47 Å². The molecule has 1 aromatic carbocycles. The van der Waals surface area contributed by atoms with E-state index in [0.717, 1.165) is 12.0 Å². The Hall–Kier alpha value is -2.97. The number of aliphatic hydroxyl groups is 1. The first-order valence-corrected chi connectivity index (χ1v) is 12.5. The zero-order valence-electron chi connectivity index (χ0n) is 19.9. The fourth-order valence-corrected chi connectivity index (χ4v) is 5.99. The van der Waals surface area contributed by atoms with Crippen LogP contribution in [0.5, 0.6) is 0 Å². The summed E-state index contributed by atoms with van der Waals surface area (Å²) >= 11 is 0. The monoisotopic (exact) mass is 480 g/mol. The first kappa shape index (κ1) is 23.8. The maximum atomic E-state index is 14.1. The normalized spacial score (nSPS) is 34.2. The van der Waals surface area contributed by atoms with Gasteiger partial charge in [-0.2, -0.15) is 0 Å². The number of aliphatic hydroxyl groups excluding tert-OH is 1. The van der Waals surface area contributed by atoms with Crippen LogP contribution in [0, 0.1) is 11.8 Å². The quantitative estimate of drug-likeness (QED) is 0.510. The number of rotatable bonds is 5. The van der Waals surface area contributed by atoms with E-state index < -0.39 is 41.6 Å². The summed E-state index contributed by atoms with van der Waals surface area (Å²) in [6, 6.07) is 8.14. The Morgan fingerprint density at radius 2 is 1.94 bits per heavy atom. The summed E-state index contributed by atoms with van der Waals surface area (Å²) in [7, 11) is 0. The lowest BCUT2D eigenvalue weighted by molar-refractivity contribution is -0.156.